The Kier molecular flexibility index (Phi) is 5.04. The molecule has 0 aromatic heterocycles. The summed E-state index contributed by atoms with van der Waals surface area (Å²) in [4.78, 5) is 2.48. The van der Waals surface area contributed by atoms with Crippen molar-refractivity contribution in [3.63, 3.8) is 0 Å². The van der Waals surface area contributed by atoms with Crippen molar-refractivity contribution >= 4 is 95.6 Å². The van der Waals surface area contributed by atoms with Crippen LogP contribution >= 0.6 is 0 Å². The quantitative estimate of drug-likeness (QED) is 0.138. The molecule has 0 saturated carbocycles. The van der Waals surface area contributed by atoms with Crippen LogP contribution in [0.2, 0.25) is 0 Å². The molecule has 52 heavy (non-hydrogen) atoms. The fourth-order valence-electron chi connectivity index (χ4n) is 10.4. The Labute approximate surface area is 301 Å². The maximum absolute atomic E-state index is 7.00. The van der Waals surface area contributed by atoms with E-state index in [1.807, 2.05) is 0 Å². The van der Waals surface area contributed by atoms with Gasteiger partial charge in [-0.15, -0.1) is 0 Å². The van der Waals surface area contributed by atoms with Crippen LogP contribution in [-0.4, -0.2) is 13.4 Å². The zero-order chi connectivity index (χ0) is 33.7. The Morgan fingerprint density at radius 1 is 0.404 bits per heavy atom. The molecule has 13 rings (SSSR count). The van der Waals surface area contributed by atoms with E-state index in [1.165, 1.54) is 98.7 Å². The summed E-state index contributed by atoms with van der Waals surface area (Å²) < 4.78 is 7.00. The van der Waals surface area contributed by atoms with E-state index in [1.54, 1.807) is 0 Å². The average molecular weight is 655 g/mol. The molecule has 4 aliphatic heterocycles. The summed E-state index contributed by atoms with van der Waals surface area (Å²) in [6.07, 6.45) is 0. The highest BCUT2D eigenvalue weighted by Gasteiger charge is 2.49. The summed E-state index contributed by atoms with van der Waals surface area (Å²) in [6, 6.07) is 60.8. The molecule has 2 nitrogen and oxygen atoms in total. The number of para-hydroxylation sites is 3. The van der Waals surface area contributed by atoms with E-state index < -0.39 is 0 Å². The predicted octanol–water partition coefficient (Wildman–Crippen LogP) is 8.03. The second-order valence-corrected chi connectivity index (χ2v) is 14.7. The van der Waals surface area contributed by atoms with Gasteiger partial charge in [0.2, 0.25) is 6.71 Å². The van der Waals surface area contributed by atoms with Gasteiger partial charge in [-0.1, -0.05) is 138 Å². The Balaban J connectivity index is 1.27. The summed E-state index contributed by atoms with van der Waals surface area (Å²) in [7, 11) is 0. The lowest BCUT2D eigenvalue weighted by molar-refractivity contribution is 0.488. The standard InChI is InChI=1S/C48H27B2NO/c1-2-14-31(15-3-1)51-38-22-8-6-18-34(38)49-36-20-10-16-32-42(30-25-24-28-12-4-5-13-29(28)26-30)33-17-11-21-37-44(33)45(43(32)36)46-47(49)39(51)27-41-48(46)50(37)35-19-7-9-23-40(35)52-41/h1-27H. The van der Waals surface area contributed by atoms with Crippen LogP contribution in [0.4, 0.5) is 17.1 Å². The minimum Gasteiger partial charge on any atom is -0.458 e. The Morgan fingerprint density at radius 3 is 1.87 bits per heavy atom. The second kappa shape index (κ2) is 9.63. The second-order valence-electron chi connectivity index (χ2n) is 14.7. The molecular formula is C48H27B2NO. The van der Waals surface area contributed by atoms with Crippen LogP contribution in [0.25, 0.3) is 54.6 Å². The molecule has 0 unspecified atom stereocenters. The van der Waals surface area contributed by atoms with E-state index in [2.05, 4.69) is 169 Å². The minimum absolute atomic E-state index is 0.0617. The van der Waals surface area contributed by atoms with Crippen molar-refractivity contribution in [1.82, 2.24) is 0 Å². The fourth-order valence-corrected chi connectivity index (χ4v) is 10.4. The van der Waals surface area contributed by atoms with Crippen molar-refractivity contribution < 1.29 is 4.74 Å². The summed E-state index contributed by atoms with van der Waals surface area (Å²) >= 11 is 0. The maximum Gasteiger partial charge on any atom is 0.252 e. The van der Waals surface area contributed by atoms with Crippen molar-refractivity contribution in [2.45, 2.75) is 0 Å². The summed E-state index contributed by atoms with van der Waals surface area (Å²) in [6.45, 7) is 0.138. The van der Waals surface area contributed by atoms with E-state index in [4.69, 9.17) is 4.74 Å². The van der Waals surface area contributed by atoms with Gasteiger partial charge in [0.15, 0.2) is 0 Å². The number of anilines is 3. The lowest BCUT2D eigenvalue weighted by atomic mass is 9.27. The van der Waals surface area contributed by atoms with E-state index in [9.17, 15) is 0 Å². The number of hydrogen-bond acceptors (Lipinski definition) is 2. The molecule has 0 fully saturated rings. The van der Waals surface area contributed by atoms with E-state index in [0.29, 0.717) is 0 Å². The van der Waals surface area contributed by atoms with Gasteiger partial charge in [-0.25, -0.2) is 0 Å². The topological polar surface area (TPSA) is 12.5 Å². The van der Waals surface area contributed by atoms with Crippen molar-refractivity contribution in [2.24, 2.45) is 0 Å². The highest BCUT2D eigenvalue weighted by atomic mass is 16.5. The monoisotopic (exact) mass is 655 g/mol. The molecule has 0 saturated heterocycles. The van der Waals surface area contributed by atoms with E-state index >= 15 is 0 Å². The molecule has 4 aliphatic rings. The minimum atomic E-state index is 0.0617. The molecule has 0 N–H and O–H groups in total. The molecule has 0 atom stereocenters. The molecule has 236 valence electrons. The third-order valence-electron chi connectivity index (χ3n) is 12.3. The van der Waals surface area contributed by atoms with Gasteiger partial charge in [0, 0.05) is 23.1 Å². The number of benzene rings is 9. The highest BCUT2D eigenvalue weighted by molar-refractivity contribution is 7.05. The van der Waals surface area contributed by atoms with E-state index in [0.717, 1.165) is 17.2 Å². The predicted molar refractivity (Wildman–Crippen MR) is 220 cm³/mol. The normalized spacial score (nSPS) is 13.8. The van der Waals surface area contributed by atoms with Gasteiger partial charge >= 0.3 is 0 Å². The maximum atomic E-state index is 7.00. The first-order valence-electron chi connectivity index (χ1n) is 18.3. The molecule has 0 spiro atoms. The highest BCUT2D eigenvalue weighted by Crippen LogP contribution is 2.50. The Morgan fingerprint density at radius 2 is 1.06 bits per heavy atom. The molecule has 4 heterocycles. The fraction of sp³-hybridized carbons (Fsp3) is 0. The number of fused-ring (bicyclic) bond motifs is 7. The van der Waals surface area contributed by atoms with Crippen molar-refractivity contribution in [3.8, 4) is 33.8 Å². The van der Waals surface area contributed by atoms with Gasteiger partial charge in [-0.05, 0) is 107 Å². The van der Waals surface area contributed by atoms with Crippen LogP contribution in [0.5, 0.6) is 11.5 Å². The molecule has 0 amide bonds. The first kappa shape index (κ1) is 27.2. The third kappa shape index (κ3) is 3.25. The molecular weight excluding hydrogens is 628 g/mol. The van der Waals surface area contributed by atoms with E-state index in [-0.39, 0.29) is 13.4 Å². The lowest BCUT2D eigenvalue weighted by Gasteiger charge is -2.45. The lowest BCUT2D eigenvalue weighted by Crippen LogP contribution is -2.65. The smallest absolute Gasteiger partial charge is 0.252 e. The summed E-state index contributed by atoms with van der Waals surface area (Å²) in [5.74, 6) is 1.91. The molecule has 0 aliphatic carbocycles. The van der Waals surface area contributed by atoms with Crippen LogP contribution in [0.1, 0.15) is 0 Å². The molecule has 9 aromatic carbocycles. The van der Waals surface area contributed by atoms with Crippen LogP contribution in [0.3, 0.4) is 0 Å². The van der Waals surface area contributed by atoms with Gasteiger partial charge in [0.25, 0.3) is 6.71 Å². The third-order valence-corrected chi connectivity index (χ3v) is 12.3. The van der Waals surface area contributed by atoms with Gasteiger partial charge in [-0.3, -0.25) is 0 Å². The zero-order valence-corrected chi connectivity index (χ0v) is 28.1. The van der Waals surface area contributed by atoms with Gasteiger partial charge in [-0.2, -0.15) is 0 Å². The number of rotatable bonds is 2. The molecule has 0 radical (unpaired) electrons. The van der Waals surface area contributed by atoms with Crippen molar-refractivity contribution in [3.05, 3.63) is 164 Å². The first-order valence-corrected chi connectivity index (χ1v) is 18.3. The summed E-state index contributed by atoms with van der Waals surface area (Å²) in [5.41, 5.74) is 16.9. The molecule has 9 aromatic rings. The van der Waals surface area contributed by atoms with Gasteiger partial charge in [0.05, 0.1) is 0 Å². The zero-order valence-electron chi connectivity index (χ0n) is 28.1. The van der Waals surface area contributed by atoms with Gasteiger partial charge in [0.1, 0.15) is 11.5 Å². The van der Waals surface area contributed by atoms with Crippen molar-refractivity contribution in [1.29, 1.82) is 0 Å². The SMILES string of the molecule is c1ccc(N2c3ccccc3B3c4c2cc2c5c4-c4c6c(cccc6c(-c6ccc7ccccc7c6)c6cccc3c46)B5c3ccccc3O2)cc1. The Hall–Kier alpha value is -6.51. The number of ether oxygens (including phenoxy) is 1. The molecule has 4 heteroatoms. The summed E-state index contributed by atoms with van der Waals surface area (Å²) in [5, 5.41) is 7.91. The van der Waals surface area contributed by atoms with Gasteiger partial charge < -0.3 is 9.64 Å². The number of nitrogens with zero attached hydrogens (tertiary/aromatic N) is 1. The van der Waals surface area contributed by atoms with Crippen molar-refractivity contribution in [2.75, 3.05) is 4.90 Å². The first-order chi connectivity index (χ1) is 25.8. The Bertz CT molecular complexity index is 3050. The largest absolute Gasteiger partial charge is 0.458 e. The number of hydrogen-bond donors (Lipinski definition) is 0. The van der Waals surface area contributed by atoms with Crippen LogP contribution in [0, 0.1) is 0 Å². The average Bonchev–Trinajstić information content (AvgIpc) is 3.20. The van der Waals surface area contributed by atoms with Crippen LogP contribution < -0.4 is 42.4 Å². The van der Waals surface area contributed by atoms with Crippen LogP contribution in [-0.2, 0) is 0 Å². The van der Waals surface area contributed by atoms with Crippen LogP contribution in [0.15, 0.2) is 164 Å². The molecule has 0 bridgehead atoms.